The average Bonchev–Trinajstić information content (AvgIpc) is 2.83. The van der Waals surface area contributed by atoms with Crippen molar-refractivity contribution < 1.29 is 0 Å². The second kappa shape index (κ2) is 9.45. The molecule has 7 heteroatoms. The van der Waals surface area contributed by atoms with E-state index in [0.29, 0.717) is 5.36 Å². The van der Waals surface area contributed by atoms with Crippen molar-refractivity contribution >= 4 is 40.5 Å². The Bertz CT molecular complexity index is 1500. The van der Waals surface area contributed by atoms with E-state index in [2.05, 4.69) is 26.9 Å². The van der Waals surface area contributed by atoms with Gasteiger partial charge >= 0.3 is 0 Å². The summed E-state index contributed by atoms with van der Waals surface area (Å²) >= 11 is 0. The van der Waals surface area contributed by atoms with Gasteiger partial charge in [-0.3, -0.25) is 0 Å². The summed E-state index contributed by atoms with van der Waals surface area (Å²) in [7, 11) is 4.02. The molecule has 0 unspecified atom stereocenters. The molecule has 2 aliphatic rings. The van der Waals surface area contributed by atoms with Crippen molar-refractivity contribution in [1.82, 2.24) is 9.55 Å². The van der Waals surface area contributed by atoms with E-state index in [-0.39, 0.29) is 12.4 Å². The molecule has 5 rings (SSSR count). The van der Waals surface area contributed by atoms with Crippen molar-refractivity contribution in [2.75, 3.05) is 19.0 Å². The van der Waals surface area contributed by atoms with E-state index < -0.39 is 0 Å². The van der Waals surface area contributed by atoms with Gasteiger partial charge in [-0.15, -0.1) is 12.4 Å². The summed E-state index contributed by atoms with van der Waals surface area (Å²) in [5, 5.41) is 17.7. The molecule has 6 nitrogen and oxygen atoms in total. The largest absolute Gasteiger partial charge is 0.378 e. The molecule has 1 aliphatic carbocycles. The molecule has 0 atom stereocenters. The number of aromatic nitrogens is 2. The normalized spacial score (nSPS) is 11.1. The second-order valence-corrected chi connectivity index (χ2v) is 8.22. The maximum atomic E-state index is 8.34. The Hall–Kier alpha value is -4.03. The first-order chi connectivity index (χ1) is 16.0. The standard InChI is InChI=1S/C27H24N6.ClH/c1-18-15-25-27(17-23(18)28)33(22-7-5-4-6-8-22)26-16-20(11-14-24(26)29-25)31-30-19-9-12-21(13-10-19)32(2)3;/h4-17,28H,1-3H3;1H. The zero-order valence-electron chi connectivity index (χ0n) is 19.2. The number of hydrogen-bond donors (Lipinski definition) is 1. The fraction of sp³-hybridized carbons (Fsp3) is 0.111. The topological polar surface area (TPSA) is 69.6 Å². The zero-order valence-corrected chi connectivity index (χ0v) is 20.0. The fourth-order valence-electron chi connectivity index (χ4n) is 3.85. The lowest BCUT2D eigenvalue weighted by molar-refractivity contribution is 1.06. The number of aryl methyl sites for hydroxylation is 1. The summed E-state index contributed by atoms with van der Waals surface area (Å²) < 4.78 is 2.14. The van der Waals surface area contributed by atoms with Crippen LogP contribution in [-0.2, 0) is 0 Å². The van der Waals surface area contributed by atoms with Crippen molar-refractivity contribution in [1.29, 1.82) is 5.41 Å². The molecule has 3 aromatic rings. The lowest BCUT2D eigenvalue weighted by Crippen LogP contribution is -2.12. The zero-order chi connectivity index (χ0) is 22.9. The van der Waals surface area contributed by atoms with Crippen LogP contribution < -0.4 is 10.3 Å². The van der Waals surface area contributed by atoms with E-state index in [4.69, 9.17) is 10.4 Å². The van der Waals surface area contributed by atoms with Crippen LogP contribution in [0.5, 0.6) is 0 Å². The molecule has 1 N–H and O–H groups in total. The first-order valence-corrected chi connectivity index (χ1v) is 10.8. The van der Waals surface area contributed by atoms with Crippen molar-refractivity contribution in [3.05, 3.63) is 95.8 Å². The van der Waals surface area contributed by atoms with Gasteiger partial charge in [0, 0.05) is 25.5 Å². The van der Waals surface area contributed by atoms with Gasteiger partial charge in [0.2, 0.25) is 0 Å². The maximum Gasteiger partial charge on any atom is 0.0882 e. The van der Waals surface area contributed by atoms with Crippen LogP contribution in [0.2, 0.25) is 0 Å². The SMILES string of the molecule is Cc1cc2nc3ccc(N=Nc4ccc(N(C)C)cc4)cc3n(-c3ccccc3)c-2cc1=N.Cl. The van der Waals surface area contributed by atoms with Crippen molar-refractivity contribution in [3.63, 3.8) is 0 Å². The minimum Gasteiger partial charge on any atom is -0.378 e. The number of nitrogens with zero attached hydrogens (tertiary/aromatic N) is 5. The van der Waals surface area contributed by atoms with Crippen LogP contribution in [0.15, 0.2) is 95.2 Å². The van der Waals surface area contributed by atoms with Crippen LogP contribution >= 0.6 is 12.4 Å². The van der Waals surface area contributed by atoms with Crippen LogP contribution in [0.1, 0.15) is 5.56 Å². The smallest absolute Gasteiger partial charge is 0.0882 e. The predicted octanol–water partition coefficient (Wildman–Crippen LogP) is 6.82. The minimum atomic E-state index is 0. The quantitative estimate of drug-likeness (QED) is 0.232. The lowest BCUT2D eigenvalue weighted by atomic mass is 10.1. The molecule has 0 saturated carbocycles. The Kier molecular flexibility index (Phi) is 6.43. The van der Waals surface area contributed by atoms with E-state index in [9.17, 15) is 0 Å². The molecule has 34 heavy (non-hydrogen) atoms. The first-order valence-electron chi connectivity index (χ1n) is 10.8. The molecule has 0 radical (unpaired) electrons. The summed E-state index contributed by atoms with van der Waals surface area (Å²) in [6.07, 6.45) is 0. The Balaban J connectivity index is 0.00000274. The summed E-state index contributed by atoms with van der Waals surface area (Å²) in [6.45, 7) is 1.94. The van der Waals surface area contributed by atoms with Gasteiger partial charge in [-0.1, -0.05) is 18.2 Å². The highest BCUT2D eigenvalue weighted by molar-refractivity contribution is 5.86. The highest BCUT2D eigenvalue weighted by Gasteiger charge is 2.15. The van der Waals surface area contributed by atoms with Crippen LogP contribution in [0, 0.1) is 12.3 Å². The Morgan fingerprint density at radius 3 is 2.21 bits per heavy atom. The third-order valence-corrected chi connectivity index (χ3v) is 5.66. The first kappa shape index (κ1) is 23.1. The van der Waals surface area contributed by atoms with Gasteiger partial charge in [-0.05, 0) is 79.2 Å². The van der Waals surface area contributed by atoms with Gasteiger partial charge in [0.05, 0.1) is 39.2 Å². The number of benzene rings is 4. The third kappa shape index (κ3) is 4.40. The molecule has 0 bridgehead atoms. The molecule has 3 aromatic carbocycles. The number of halogens is 1. The summed E-state index contributed by atoms with van der Waals surface area (Å²) in [6, 6.07) is 27.8. The summed E-state index contributed by atoms with van der Waals surface area (Å²) in [5.74, 6) is 0. The molecule has 170 valence electrons. The molecule has 1 heterocycles. The molecule has 0 amide bonds. The van der Waals surface area contributed by atoms with E-state index in [1.165, 1.54) is 0 Å². The van der Waals surface area contributed by atoms with Gasteiger partial charge in [0.1, 0.15) is 0 Å². The highest BCUT2D eigenvalue weighted by atomic mass is 35.5. The number of azo groups is 1. The van der Waals surface area contributed by atoms with Crippen LogP contribution in [0.25, 0.3) is 28.1 Å². The van der Waals surface area contributed by atoms with E-state index in [0.717, 1.165) is 50.7 Å². The van der Waals surface area contributed by atoms with Crippen LogP contribution in [0.3, 0.4) is 0 Å². The maximum absolute atomic E-state index is 8.34. The number of rotatable bonds is 4. The van der Waals surface area contributed by atoms with Gasteiger partial charge < -0.3 is 14.9 Å². The fourth-order valence-corrected chi connectivity index (χ4v) is 3.85. The average molecular weight is 469 g/mol. The molecular formula is C27H25ClN6. The number of nitrogens with one attached hydrogen (secondary N) is 1. The molecule has 1 aliphatic heterocycles. The van der Waals surface area contributed by atoms with Crippen molar-refractivity contribution in [2.24, 2.45) is 10.2 Å². The van der Waals surface area contributed by atoms with Gasteiger partial charge in [-0.2, -0.15) is 10.2 Å². The number of hydrogen-bond acceptors (Lipinski definition) is 5. The van der Waals surface area contributed by atoms with Crippen LogP contribution in [-0.4, -0.2) is 23.6 Å². The van der Waals surface area contributed by atoms with E-state index in [1.54, 1.807) is 0 Å². The number of anilines is 1. The summed E-state index contributed by atoms with van der Waals surface area (Å²) in [4.78, 5) is 6.92. The second-order valence-electron chi connectivity index (χ2n) is 8.22. The summed E-state index contributed by atoms with van der Waals surface area (Å²) in [5.41, 5.74) is 8.07. The van der Waals surface area contributed by atoms with Gasteiger partial charge in [0.25, 0.3) is 0 Å². The predicted molar refractivity (Wildman–Crippen MR) is 140 cm³/mol. The van der Waals surface area contributed by atoms with Crippen LogP contribution in [0.4, 0.5) is 17.1 Å². The number of para-hydroxylation sites is 1. The Morgan fingerprint density at radius 1 is 0.824 bits per heavy atom. The minimum absolute atomic E-state index is 0. The number of fused-ring (bicyclic) bond motifs is 2. The van der Waals surface area contributed by atoms with Gasteiger partial charge in [0.15, 0.2) is 0 Å². The monoisotopic (exact) mass is 468 g/mol. The lowest BCUT2D eigenvalue weighted by Gasteiger charge is -2.19. The Labute approximate surface area is 204 Å². The third-order valence-electron chi connectivity index (χ3n) is 5.66. The molecule has 0 spiro atoms. The highest BCUT2D eigenvalue weighted by Crippen LogP contribution is 2.31. The molecule has 0 saturated heterocycles. The molecule has 0 aromatic heterocycles. The Morgan fingerprint density at radius 2 is 1.50 bits per heavy atom. The van der Waals surface area contributed by atoms with Gasteiger partial charge in [-0.25, -0.2) is 4.98 Å². The van der Waals surface area contributed by atoms with E-state index >= 15 is 0 Å². The van der Waals surface area contributed by atoms with E-state index in [1.807, 2.05) is 98.7 Å². The molecule has 0 fully saturated rings. The van der Waals surface area contributed by atoms with Crippen molar-refractivity contribution in [2.45, 2.75) is 6.92 Å². The van der Waals surface area contributed by atoms with Crippen molar-refractivity contribution in [3.8, 4) is 17.1 Å². The molecular weight excluding hydrogens is 444 g/mol.